The monoisotopic (exact) mass is 534 g/mol. The Morgan fingerprint density at radius 2 is 1.97 bits per heavy atom. The van der Waals surface area contributed by atoms with E-state index in [0.29, 0.717) is 40.6 Å². The quantitative estimate of drug-likeness (QED) is 0.323. The molecule has 37 heavy (non-hydrogen) atoms. The SMILES string of the molecule is COC[C@@H](C)Nc1nc(C)c(-c2nc3c(C4CC4)nccc3s2)c(NC2C[C@H](C(C)(F)F)[C@@H](O)[C@H]2O)n1. The van der Waals surface area contributed by atoms with Gasteiger partial charge in [0, 0.05) is 25.3 Å². The van der Waals surface area contributed by atoms with Gasteiger partial charge in [-0.05, 0) is 46.1 Å². The van der Waals surface area contributed by atoms with E-state index >= 15 is 0 Å². The molecular weight excluding hydrogens is 502 g/mol. The van der Waals surface area contributed by atoms with Crippen molar-refractivity contribution in [3.05, 3.63) is 23.7 Å². The number of methoxy groups -OCH3 is 1. The summed E-state index contributed by atoms with van der Waals surface area (Å²) in [4.78, 5) is 18.8. The van der Waals surface area contributed by atoms with Gasteiger partial charge < -0.3 is 25.6 Å². The molecule has 2 fully saturated rings. The molecule has 1 unspecified atom stereocenters. The summed E-state index contributed by atoms with van der Waals surface area (Å²) in [7, 11) is 1.60. The first kappa shape index (κ1) is 26.1. The normalized spacial score (nSPS) is 25.0. The van der Waals surface area contributed by atoms with Crippen LogP contribution in [0.1, 0.15) is 50.4 Å². The van der Waals surface area contributed by atoms with Crippen LogP contribution in [0.3, 0.4) is 0 Å². The van der Waals surface area contributed by atoms with Crippen LogP contribution >= 0.6 is 11.3 Å². The summed E-state index contributed by atoms with van der Waals surface area (Å²) in [6, 6.07) is 1.01. The zero-order valence-electron chi connectivity index (χ0n) is 21.2. The fourth-order valence-electron chi connectivity index (χ4n) is 5.00. The lowest BCUT2D eigenvalue weighted by molar-refractivity contribution is -0.0950. The highest BCUT2D eigenvalue weighted by molar-refractivity contribution is 7.21. The Bertz CT molecular complexity index is 1280. The van der Waals surface area contributed by atoms with Crippen molar-refractivity contribution in [3.8, 4) is 10.6 Å². The Balaban J connectivity index is 1.55. The van der Waals surface area contributed by atoms with Gasteiger partial charge in [0.25, 0.3) is 5.92 Å². The average molecular weight is 535 g/mol. The Hall–Kier alpha value is -2.54. The number of fused-ring (bicyclic) bond motifs is 1. The molecular formula is C25H32F2N6O3S. The van der Waals surface area contributed by atoms with Crippen LogP contribution < -0.4 is 10.6 Å². The molecule has 3 aromatic heterocycles. The fraction of sp³-hybridized carbons (Fsp3) is 0.600. The molecule has 0 bridgehead atoms. The summed E-state index contributed by atoms with van der Waals surface area (Å²) in [6.45, 7) is 4.96. The number of hydrogen-bond donors (Lipinski definition) is 4. The van der Waals surface area contributed by atoms with Gasteiger partial charge in [0.1, 0.15) is 22.4 Å². The molecule has 0 radical (unpaired) electrons. The highest BCUT2D eigenvalue weighted by Crippen LogP contribution is 2.45. The van der Waals surface area contributed by atoms with Gasteiger partial charge in [0.05, 0.1) is 46.3 Å². The lowest BCUT2D eigenvalue weighted by atomic mass is 9.98. The maximum absolute atomic E-state index is 14.1. The van der Waals surface area contributed by atoms with Crippen molar-refractivity contribution in [2.75, 3.05) is 24.4 Å². The van der Waals surface area contributed by atoms with E-state index in [1.165, 1.54) is 11.3 Å². The van der Waals surface area contributed by atoms with Crippen molar-refractivity contribution in [1.29, 1.82) is 0 Å². The van der Waals surface area contributed by atoms with Crippen LogP contribution in [0.2, 0.25) is 0 Å². The number of pyridine rings is 1. The third-order valence-electron chi connectivity index (χ3n) is 7.05. The van der Waals surface area contributed by atoms with Crippen molar-refractivity contribution >= 4 is 33.3 Å². The molecule has 3 aromatic rings. The molecule has 0 aliphatic heterocycles. The largest absolute Gasteiger partial charge is 0.390 e. The predicted molar refractivity (Wildman–Crippen MR) is 138 cm³/mol. The summed E-state index contributed by atoms with van der Waals surface area (Å²) >= 11 is 1.49. The zero-order chi connectivity index (χ0) is 26.5. The third-order valence-corrected chi connectivity index (χ3v) is 8.09. The van der Waals surface area contributed by atoms with Gasteiger partial charge in [0.2, 0.25) is 5.95 Å². The molecule has 200 valence electrons. The first-order valence-corrected chi connectivity index (χ1v) is 13.3. The number of halogens is 2. The Morgan fingerprint density at radius 3 is 2.62 bits per heavy atom. The lowest BCUT2D eigenvalue weighted by Gasteiger charge is -2.22. The van der Waals surface area contributed by atoms with Crippen LogP contribution in [0.15, 0.2) is 12.3 Å². The number of ether oxygens (including phenoxy) is 1. The van der Waals surface area contributed by atoms with Gasteiger partial charge in [-0.15, -0.1) is 11.3 Å². The van der Waals surface area contributed by atoms with Crippen LogP contribution in [0.5, 0.6) is 0 Å². The van der Waals surface area contributed by atoms with E-state index in [1.807, 2.05) is 19.9 Å². The highest BCUT2D eigenvalue weighted by atomic mass is 32.1. The number of aliphatic hydroxyl groups excluding tert-OH is 2. The second-order valence-electron chi connectivity index (χ2n) is 10.2. The smallest absolute Gasteiger partial charge is 0.250 e. The first-order chi connectivity index (χ1) is 17.6. The van der Waals surface area contributed by atoms with Gasteiger partial charge in [0.15, 0.2) is 0 Å². The number of thiazole rings is 1. The number of nitrogens with one attached hydrogen (secondary N) is 2. The number of anilines is 2. The van der Waals surface area contributed by atoms with Crippen LogP contribution in [-0.4, -0.2) is 74.1 Å². The van der Waals surface area contributed by atoms with Crippen molar-refractivity contribution in [3.63, 3.8) is 0 Å². The molecule has 2 aliphatic rings. The number of nitrogens with zero attached hydrogens (tertiary/aromatic N) is 4. The van der Waals surface area contributed by atoms with E-state index in [0.717, 1.165) is 35.7 Å². The molecule has 0 saturated heterocycles. The molecule has 9 nitrogen and oxygen atoms in total. The number of alkyl halides is 2. The van der Waals surface area contributed by atoms with Crippen LogP contribution in [-0.2, 0) is 4.74 Å². The van der Waals surface area contributed by atoms with Gasteiger partial charge >= 0.3 is 0 Å². The van der Waals surface area contributed by atoms with Gasteiger partial charge in [-0.3, -0.25) is 4.98 Å². The number of aryl methyl sites for hydroxylation is 1. The van der Waals surface area contributed by atoms with E-state index < -0.39 is 30.1 Å². The van der Waals surface area contributed by atoms with Crippen LogP contribution in [0.4, 0.5) is 20.5 Å². The molecule has 0 aromatic carbocycles. The first-order valence-electron chi connectivity index (χ1n) is 12.5. The average Bonchev–Trinajstić information content (AvgIpc) is 3.51. The van der Waals surface area contributed by atoms with E-state index in [2.05, 4.69) is 25.6 Å². The summed E-state index contributed by atoms with van der Waals surface area (Å²) in [5.41, 5.74) is 3.10. The lowest BCUT2D eigenvalue weighted by Crippen LogP contribution is -2.38. The van der Waals surface area contributed by atoms with Crippen LogP contribution in [0, 0.1) is 12.8 Å². The number of aromatic nitrogens is 4. The Morgan fingerprint density at radius 1 is 1.22 bits per heavy atom. The molecule has 5 rings (SSSR count). The van der Waals surface area contributed by atoms with E-state index in [1.54, 1.807) is 13.3 Å². The molecule has 0 amide bonds. The van der Waals surface area contributed by atoms with E-state index in [4.69, 9.17) is 9.72 Å². The van der Waals surface area contributed by atoms with Crippen molar-refractivity contribution in [1.82, 2.24) is 19.9 Å². The molecule has 5 atom stereocenters. The summed E-state index contributed by atoms with van der Waals surface area (Å²) in [5.74, 6) is -3.40. The number of rotatable bonds is 9. The highest BCUT2D eigenvalue weighted by Gasteiger charge is 2.51. The number of aliphatic hydroxyl groups is 2. The van der Waals surface area contributed by atoms with E-state index in [-0.39, 0.29) is 12.5 Å². The van der Waals surface area contributed by atoms with Crippen molar-refractivity contribution in [2.45, 2.75) is 76.2 Å². The second kappa shape index (κ2) is 9.97. The summed E-state index contributed by atoms with van der Waals surface area (Å²) in [5, 5.41) is 28.0. The molecule has 4 N–H and O–H groups in total. The maximum atomic E-state index is 14.1. The Labute approximate surface area is 217 Å². The van der Waals surface area contributed by atoms with Crippen LogP contribution in [0.25, 0.3) is 20.8 Å². The third kappa shape index (κ3) is 5.25. The molecule has 3 heterocycles. The molecule has 12 heteroatoms. The minimum Gasteiger partial charge on any atom is -0.390 e. The predicted octanol–water partition coefficient (Wildman–Crippen LogP) is 3.96. The van der Waals surface area contributed by atoms with Crippen molar-refractivity contribution < 1.29 is 23.7 Å². The zero-order valence-corrected chi connectivity index (χ0v) is 22.0. The second-order valence-corrected chi connectivity index (χ2v) is 11.3. The standard InChI is InChI=1S/C25H32F2N6O3S/c1-11(10-36-4)29-24-30-12(2)17(23-32-19-16(37-23)7-8-28-18(19)13-5-6-13)22(33-24)31-15-9-14(25(3,26)27)20(34)21(15)35/h7-8,11,13-15,20-21,34-35H,5-6,9-10H2,1-4H3,(H2,29,30,31,33)/t11-,14+,15?,20-,21+/m1/s1. The topological polar surface area (TPSA) is 125 Å². The fourth-order valence-corrected chi connectivity index (χ4v) is 6.07. The minimum atomic E-state index is -3.14. The maximum Gasteiger partial charge on any atom is 0.250 e. The summed E-state index contributed by atoms with van der Waals surface area (Å²) < 4.78 is 34.4. The van der Waals surface area contributed by atoms with E-state index in [9.17, 15) is 19.0 Å². The van der Waals surface area contributed by atoms with Gasteiger partial charge in [-0.1, -0.05) is 0 Å². The molecule has 2 aliphatic carbocycles. The Kier molecular flexibility index (Phi) is 7.03. The summed E-state index contributed by atoms with van der Waals surface area (Å²) in [6.07, 6.45) is 0.929. The molecule has 0 spiro atoms. The van der Waals surface area contributed by atoms with Gasteiger partial charge in [-0.2, -0.15) is 4.98 Å². The number of hydrogen-bond acceptors (Lipinski definition) is 10. The van der Waals surface area contributed by atoms with Gasteiger partial charge in [-0.25, -0.2) is 18.7 Å². The molecule has 2 saturated carbocycles. The van der Waals surface area contributed by atoms with Crippen molar-refractivity contribution in [2.24, 2.45) is 5.92 Å². The minimum absolute atomic E-state index is 0.0835.